The van der Waals surface area contributed by atoms with Gasteiger partial charge < -0.3 is 15.1 Å². The summed E-state index contributed by atoms with van der Waals surface area (Å²) in [6, 6.07) is 5.79. The zero-order valence-electron chi connectivity index (χ0n) is 13.0. The Labute approximate surface area is 138 Å². The second kappa shape index (κ2) is 6.05. The predicted molar refractivity (Wildman–Crippen MR) is 91.2 cm³/mol. The van der Waals surface area contributed by atoms with E-state index in [0.717, 1.165) is 46.9 Å². The molecule has 1 aliphatic rings. The van der Waals surface area contributed by atoms with Crippen LogP contribution in [0.4, 0.5) is 0 Å². The summed E-state index contributed by atoms with van der Waals surface area (Å²) in [5.41, 5.74) is 1.81. The van der Waals surface area contributed by atoms with Gasteiger partial charge >= 0.3 is 0 Å². The van der Waals surface area contributed by atoms with Crippen molar-refractivity contribution in [3.05, 3.63) is 34.0 Å². The fraction of sp³-hybridized carbons (Fsp3) is 0.471. The Kier molecular flexibility index (Phi) is 4.28. The van der Waals surface area contributed by atoms with Gasteiger partial charge in [-0.15, -0.1) is 0 Å². The van der Waals surface area contributed by atoms with Gasteiger partial charge in [0.1, 0.15) is 5.58 Å². The van der Waals surface area contributed by atoms with Crippen LogP contribution in [0.5, 0.6) is 0 Å². The molecule has 0 radical (unpaired) electrons. The highest BCUT2D eigenvalue weighted by molar-refractivity contribution is 9.10. The zero-order chi connectivity index (χ0) is 15.7. The molecule has 1 fully saturated rings. The van der Waals surface area contributed by atoms with Crippen LogP contribution in [0.1, 0.15) is 35.9 Å². The van der Waals surface area contributed by atoms with Crippen LogP contribution in [0.15, 0.2) is 27.1 Å². The van der Waals surface area contributed by atoms with Crippen molar-refractivity contribution in [3.8, 4) is 0 Å². The Hall–Kier alpha value is -1.33. The highest BCUT2D eigenvalue weighted by atomic mass is 79.9. The fourth-order valence-electron chi connectivity index (χ4n) is 2.99. The van der Waals surface area contributed by atoms with Gasteiger partial charge in [-0.05, 0) is 56.5 Å². The number of fused-ring (bicyclic) bond motifs is 1. The Bertz CT molecular complexity index is 702. The first-order valence-electron chi connectivity index (χ1n) is 7.66. The number of carbonyl (C=O) groups excluding carboxylic acids is 1. The van der Waals surface area contributed by atoms with E-state index in [1.807, 2.05) is 25.1 Å². The quantitative estimate of drug-likeness (QED) is 0.874. The number of amides is 1. The van der Waals surface area contributed by atoms with Gasteiger partial charge in [-0.3, -0.25) is 4.79 Å². The summed E-state index contributed by atoms with van der Waals surface area (Å²) in [6.07, 6.45) is 2.17. The summed E-state index contributed by atoms with van der Waals surface area (Å²) < 4.78 is 6.73. The summed E-state index contributed by atoms with van der Waals surface area (Å²) in [4.78, 5) is 12.5. The maximum Gasteiger partial charge on any atom is 0.287 e. The largest absolute Gasteiger partial charge is 0.451 e. The van der Waals surface area contributed by atoms with Crippen LogP contribution in [-0.4, -0.2) is 25.5 Å². The van der Waals surface area contributed by atoms with E-state index in [2.05, 4.69) is 33.5 Å². The van der Waals surface area contributed by atoms with Crippen LogP contribution in [-0.2, 0) is 0 Å². The summed E-state index contributed by atoms with van der Waals surface area (Å²) in [5, 5.41) is 7.39. The van der Waals surface area contributed by atoms with Crippen molar-refractivity contribution in [2.24, 2.45) is 5.41 Å². The minimum Gasteiger partial charge on any atom is -0.451 e. The van der Waals surface area contributed by atoms with Gasteiger partial charge in [0.15, 0.2) is 5.76 Å². The number of aryl methyl sites for hydroxylation is 1. The summed E-state index contributed by atoms with van der Waals surface area (Å²) in [5.74, 6) is 0.301. The van der Waals surface area contributed by atoms with Crippen molar-refractivity contribution < 1.29 is 9.21 Å². The molecule has 5 heteroatoms. The molecular formula is C17H21BrN2O2. The van der Waals surface area contributed by atoms with E-state index in [-0.39, 0.29) is 11.3 Å². The van der Waals surface area contributed by atoms with E-state index >= 15 is 0 Å². The average molecular weight is 365 g/mol. The Morgan fingerprint density at radius 2 is 2.14 bits per heavy atom. The average Bonchev–Trinajstić information content (AvgIpc) is 2.83. The lowest BCUT2D eigenvalue weighted by molar-refractivity contribution is 0.0896. The molecule has 0 spiro atoms. The molecule has 1 saturated heterocycles. The Balaban J connectivity index is 1.76. The number of nitrogens with one attached hydrogen (secondary N) is 2. The smallest absolute Gasteiger partial charge is 0.287 e. The van der Waals surface area contributed by atoms with E-state index < -0.39 is 0 Å². The predicted octanol–water partition coefficient (Wildman–Crippen LogP) is 3.62. The maximum absolute atomic E-state index is 12.5. The van der Waals surface area contributed by atoms with Gasteiger partial charge in [0, 0.05) is 22.0 Å². The van der Waals surface area contributed by atoms with Crippen LogP contribution in [0.3, 0.4) is 0 Å². The lowest BCUT2D eigenvalue weighted by Crippen LogP contribution is -2.42. The van der Waals surface area contributed by atoms with E-state index in [9.17, 15) is 4.79 Å². The summed E-state index contributed by atoms with van der Waals surface area (Å²) in [7, 11) is 0. The first-order valence-corrected chi connectivity index (χ1v) is 8.45. The molecule has 0 bridgehead atoms. The summed E-state index contributed by atoms with van der Waals surface area (Å²) in [6.45, 7) is 6.89. The van der Waals surface area contributed by atoms with Gasteiger partial charge in [0.2, 0.25) is 0 Å². The normalized spacial score (nSPS) is 17.6. The fourth-order valence-corrected chi connectivity index (χ4v) is 3.35. The van der Waals surface area contributed by atoms with Gasteiger partial charge in [-0.25, -0.2) is 0 Å². The maximum atomic E-state index is 12.5. The Morgan fingerprint density at radius 1 is 1.41 bits per heavy atom. The van der Waals surface area contributed by atoms with Crippen LogP contribution in [0.2, 0.25) is 0 Å². The minimum absolute atomic E-state index is 0.121. The first kappa shape index (κ1) is 15.6. The van der Waals surface area contributed by atoms with Crippen molar-refractivity contribution in [2.45, 2.75) is 26.7 Å². The van der Waals surface area contributed by atoms with Gasteiger partial charge in [-0.2, -0.15) is 0 Å². The lowest BCUT2D eigenvalue weighted by atomic mass is 9.81. The number of furan rings is 1. The standard InChI is InChI=1S/C17H21BrN2O2/c1-11-13-9-12(18)3-4-14(13)22-15(11)16(21)20-10-17(2)5-7-19-8-6-17/h3-4,9,19H,5-8,10H2,1-2H3,(H,20,21). The van der Waals surface area contributed by atoms with Crippen molar-refractivity contribution in [1.82, 2.24) is 10.6 Å². The van der Waals surface area contributed by atoms with E-state index in [4.69, 9.17) is 4.42 Å². The van der Waals surface area contributed by atoms with Crippen molar-refractivity contribution in [1.29, 1.82) is 0 Å². The molecular weight excluding hydrogens is 344 g/mol. The van der Waals surface area contributed by atoms with Crippen molar-refractivity contribution in [2.75, 3.05) is 19.6 Å². The molecule has 0 unspecified atom stereocenters. The molecule has 118 valence electrons. The van der Waals surface area contributed by atoms with Crippen LogP contribution in [0, 0.1) is 12.3 Å². The third-order valence-corrected chi connectivity index (χ3v) is 5.08. The third-order valence-electron chi connectivity index (χ3n) is 4.59. The van der Waals surface area contributed by atoms with Crippen LogP contribution < -0.4 is 10.6 Å². The molecule has 1 amide bonds. The van der Waals surface area contributed by atoms with Crippen LogP contribution in [0.25, 0.3) is 11.0 Å². The number of hydrogen-bond donors (Lipinski definition) is 2. The molecule has 22 heavy (non-hydrogen) atoms. The van der Waals surface area contributed by atoms with Crippen LogP contribution >= 0.6 is 15.9 Å². The molecule has 1 aromatic carbocycles. The molecule has 2 heterocycles. The number of hydrogen-bond acceptors (Lipinski definition) is 3. The molecule has 4 nitrogen and oxygen atoms in total. The molecule has 2 aromatic rings. The molecule has 0 aliphatic carbocycles. The third kappa shape index (κ3) is 3.06. The van der Waals surface area contributed by atoms with Crippen molar-refractivity contribution in [3.63, 3.8) is 0 Å². The highest BCUT2D eigenvalue weighted by Gasteiger charge is 2.28. The number of rotatable bonds is 3. The zero-order valence-corrected chi connectivity index (χ0v) is 14.5. The topological polar surface area (TPSA) is 54.3 Å². The molecule has 2 N–H and O–H groups in total. The number of carbonyl (C=O) groups is 1. The molecule has 0 atom stereocenters. The van der Waals surface area contributed by atoms with E-state index in [0.29, 0.717) is 12.3 Å². The number of piperidine rings is 1. The molecule has 1 aliphatic heterocycles. The minimum atomic E-state index is -0.121. The second-order valence-electron chi connectivity index (χ2n) is 6.44. The van der Waals surface area contributed by atoms with E-state index in [1.165, 1.54) is 0 Å². The first-order chi connectivity index (χ1) is 10.5. The van der Waals surface area contributed by atoms with Gasteiger partial charge in [0.25, 0.3) is 5.91 Å². The number of benzene rings is 1. The number of halogens is 1. The Morgan fingerprint density at radius 3 is 2.86 bits per heavy atom. The lowest BCUT2D eigenvalue weighted by Gasteiger charge is -2.34. The van der Waals surface area contributed by atoms with Gasteiger partial charge in [0.05, 0.1) is 0 Å². The van der Waals surface area contributed by atoms with Gasteiger partial charge in [-0.1, -0.05) is 22.9 Å². The van der Waals surface area contributed by atoms with E-state index in [1.54, 1.807) is 0 Å². The monoisotopic (exact) mass is 364 g/mol. The molecule has 0 saturated carbocycles. The summed E-state index contributed by atoms with van der Waals surface area (Å²) >= 11 is 3.45. The highest BCUT2D eigenvalue weighted by Crippen LogP contribution is 2.29. The SMILES string of the molecule is Cc1c(C(=O)NCC2(C)CCNCC2)oc2ccc(Br)cc12. The molecule has 1 aromatic heterocycles. The molecule has 3 rings (SSSR count). The van der Waals surface area contributed by atoms with Crippen molar-refractivity contribution >= 4 is 32.8 Å². The second-order valence-corrected chi connectivity index (χ2v) is 7.36.